The molecule has 2 aromatic rings. The number of aryl methyl sites for hydroxylation is 1. The number of carbonyl (C=O) groups excluding carboxylic acids is 1. The topological polar surface area (TPSA) is 82.2 Å². The fourth-order valence-electron chi connectivity index (χ4n) is 1.98. The van der Waals surface area contributed by atoms with Crippen LogP contribution in [0, 0.1) is 12.7 Å². The Hall–Kier alpha value is -2.90. The van der Waals surface area contributed by atoms with Crippen LogP contribution in [0.15, 0.2) is 30.3 Å². The van der Waals surface area contributed by atoms with E-state index < -0.39 is 11.8 Å². The number of aromatic nitrogens is 2. The minimum absolute atomic E-state index is 0.390. The third kappa shape index (κ3) is 5.38. The summed E-state index contributed by atoms with van der Waals surface area (Å²) in [5.41, 5.74) is 0.405. The standard InChI is InChI=1S/C16H21FN6O/c1-11-20-14(10-15(21-11)23(2)3)18-7-8-19-16(24)22-13-6-4-5-12(17)9-13/h4-6,9-10H,7-8H2,1-3H3,(H,18,20,21)(H2,19,22,24). The van der Waals surface area contributed by atoms with Gasteiger partial charge in [-0.3, -0.25) is 0 Å². The third-order valence-electron chi connectivity index (χ3n) is 3.08. The van der Waals surface area contributed by atoms with Crippen molar-refractivity contribution in [2.45, 2.75) is 6.92 Å². The maximum absolute atomic E-state index is 13.0. The predicted octanol–water partition coefficient (Wildman–Crippen LogP) is 2.22. The Labute approximate surface area is 140 Å². The zero-order valence-corrected chi connectivity index (χ0v) is 13.9. The number of hydrogen-bond acceptors (Lipinski definition) is 5. The zero-order chi connectivity index (χ0) is 17.5. The molecular weight excluding hydrogens is 311 g/mol. The molecule has 128 valence electrons. The molecule has 1 heterocycles. The molecule has 0 bridgehead atoms. The van der Waals surface area contributed by atoms with Crippen molar-refractivity contribution < 1.29 is 9.18 Å². The molecule has 1 aromatic heterocycles. The summed E-state index contributed by atoms with van der Waals surface area (Å²) in [7, 11) is 3.81. The summed E-state index contributed by atoms with van der Waals surface area (Å²) in [4.78, 5) is 22.2. The van der Waals surface area contributed by atoms with Gasteiger partial charge in [0.2, 0.25) is 0 Å². The number of rotatable bonds is 6. The molecule has 8 heteroatoms. The largest absolute Gasteiger partial charge is 0.368 e. The maximum Gasteiger partial charge on any atom is 0.319 e. The van der Waals surface area contributed by atoms with Crippen molar-refractivity contribution in [2.24, 2.45) is 0 Å². The Morgan fingerprint density at radius 3 is 2.71 bits per heavy atom. The van der Waals surface area contributed by atoms with Gasteiger partial charge < -0.3 is 20.9 Å². The smallest absolute Gasteiger partial charge is 0.319 e. The number of anilines is 3. The first-order chi connectivity index (χ1) is 11.4. The molecular formula is C16H21FN6O. The van der Waals surface area contributed by atoms with E-state index in [0.29, 0.717) is 30.4 Å². The van der Waals surface area contributed by atoms with Gasteiger partial charge in [-0.1, -0.05) is 6.07 Å². The van der Waals surface area contributed by atoms with Gasteiger partial charge >= 0.3 is 6.03 Å². The van der Waals surface area contributed by atoms with Crippen LogP contribution in [0.25, 0.3) is 0 Å². The average molecular weight is 332 g/mol. The van der Waals surface area contributed by atoms with Crippen molar-refractivity contribution in [3.05, 3.63) is 42.0 Å². The number of amides is 2. The fourth-order valence-corrected chi connectivity index (χ4v) is 1.98. The summed E-state index contributed by atoms with van der Waals surface area (Å²) in [6.07, 6.45) is 0. The van der Waals surface area contributed by atoms with Crippen LogP contribution in [0.4, 0.5) is 26.5 Å². The second kappa shape index (κ2) is 8.09. The molecule has 0 spiro atoms. The first-order valence-electron chi connectivity index (χ1n) is 7.51. The summed E-state index contributed by atoms with van der Waals surface area (Å²) in [6.45, 7) is 2.71. The Kier molecular flexibility index (Phi) is 5.89. The van der Waals surface area contributed by atoms with Gasteiger partial charge in [0.05, 0.1) is 0 Å². The first-order valence-corrected chi connectivity index (χ1v) is 7.51. The van der Waals surface area contributed by atoms with E-state index in [2.05, 4.69) is 25.9 Å². The lowest BCUT2D eigenvalue weighted by atomic mass is 10.3. The molecule has 0 saturated heterocycles. The van der Waals surface area contributed by atoms with Crippen LogP contribution in [-0.4, -0.2) is 43.2 Å². The van der Waals surface area contributed by atoms with E-state index in [-0.39, 0.29) is 0 Å². The van der Waals surface area contributed by atoms with Crippen LogP contribution in [0.5, 0.6) is 0 Å². The molecule has 0 atom stereocenters. The molecule has 2 rings (SSSR count). The third-order valence-corrected chi connectivity index (χ3v) is 3.08. The number of hydrogen-bond donors (Lipinski definition) is 3. The highest BCUT2D eigenvalue weighted by Gasteiger charge is 2.04. The van der Waals surface area contributed by atoms with Crippen molar-refractivity contribution in [1.29, 1.82) is 0 Å². The van der Waals surface area contributed by atoms with Crippen molar-refractivity contribution >= 4 is 23.4 Å². The maximum atomic E-state index is 13.0. The minimum Gasteiger partial charge on any atom is -0.368 e. The average Bonchev–Trinajstić information content (AvgIpc) is 2.51. The number of halogens is 1. The van der Waals surface area contributed by atoms with Gasteiger partial charge in [-0.2, -0.15) is 0 Å². The summed E-state index contributed by atoms with van der Waals surface area (Å²) >= 11 is 0. The highest BCUT2D eigenvalue weighted by atomic mass is 19.1. The van der Waals surface area contributed by atoms with Crippen molar-refractivity contribution in [3.8, 4) is 0 Å². The van der Waals surface area contributed by atoms with E-state index in [0.717, 1.165) is 5.82 Å². The Morgan fingerprint density at radius 2 is 2.00 bits per heavy atom. The Bertz CT molecular complexity index is 707. The number of nitrogens with zero attached hydrogens (tertiary/aromatic N) is 3. The van der Waals surface area contributed by atoms with Gasteiger partial charge in [-0.05, 0) is 25.1 Å². The highest BCUT2D eigenvalue weighted by molar-refractivity contribution is 5.89. The number of nitrogens with one attached hydrogen (secondary N) is 3. The molecule has 0 fully saturated rings. The predicted molar refractivity (Wildman–Crippen MR) is 93.0 cm³/mol. The van der Waals surface area contributed by atoms with Gasteiger partial charge in [-0.25, -0.2) is 19.2 Å². The number of carbonyl (C=O) groups is 1. The van der Waals surface area contributed by atoms with Crippen LogP contribution >= 0.6 is 0 Å². The van der Waals surface area contributed by atoms with E-state index in [4.69, 9.17) is 0 Å². The molecule has 0 aliphatic rings. The summed E-state index contributed by atoms with van der Waals surface area (Å²) in [5, 5.41) is 8.38. The SMILES string of the molecule is Cc1nc(NCCNC(=O)Nc2cccc(F)c2)cc(N(C)C)n1. The van der Waals surface area contributed by atoms with Crippen molar-refractivity contribution in [3.63, 3.8) is 0 Å². The molecule has 0 aliphatic heterocycles. The molecule has 0 unspecified atom stereocenters. The van der Waals surface area contributed by atoms with Crippen LogP contribution in [0.3, 0.4) is 0 Å². The van der Waals surface area contributed by atoms with E-state index in [9.17, 15) is 9.18 Å². The van der Waals surface area contributed by atoms with E-state index in [1.54, 1.807) is 6.07 Å². The van der Waals surface area contributed by atoms with Gasteiger partial charge in [0.1, 0.15) is 23.3 Å². The molecule has 24 heavy (non-hydrogen) atoms. The molecule has 1 aromatic carbocycles. The van der Waals surface area contributed by atoms with Gasteiger partial charge in [0.25, 0.3) is 0 Å². The fraction of sp³-hybridized carbons (Fsp3) is 0.312. The number of benzene rings is 1. The lowest BCUT2D eigenvalue weighted by Gasteiger charge is -2.14. The van der Waals surface area contributed by atoms with Crippen LogP contribution in [0.2, 0.25) is 0 Å². The minimum atomic E-state index is -0.398. The molecule has 0 aliphatic carbocycles. The van der Waals surface area contributed by atoms with Crippen molar-refractivity contribution in [1.82, 2.24) is 15.3 Å². The van der Waals surface area contributed by atoms with E-state index in [1.165, 1.54) is 18.2 Å². The Morgan fingerprint density at radius 1 is 1.21 bits per heavy atom. The lowest BCUT2D eigenvalue weighted by Crippen LogP contribution is -2.32. The summed E-state index contributed by atoms with van der Waals surface area (Å²) < 4.78 is 13.0. The number of urea groups is 1. The van der Waals surface area contributed by atoms with E-state index in [1.807, 2.05) is 32.0 Å². The van der Waals surface area contributed by atoms with E-state index >= 15 is 0 Å². The van der Waals surface area contributed by atoms with Gasteiger partial charge in [0, 0.05) is 38.9 Å². The summed E-state index contributed by atoms with van der Waals surface area (Å²) in [6, 6.07) is 7.16. The molecule has 0 radical (unpaired) electrons. The molecule has 3 N–H and O–H groups in total. The summed E-state index contributed by atoms with van der Waals surface area (Å²) in [5.74, 6) is 1.77. The highest BCUT2D eigenvalue weighted by Crippen LogP contribution is 2.13. The Balaban J connectivity index is 1.77. The lowest BCUT2D eigenvalue weighted by molar-refractivity contribution is 0.252. The van der Waals surface area contributed by atoms with Crippen LogP contribution < -0.4 is 20.9 Å². The van der Waals surface area contributed by atoms with Crippen molar-refractivity contribution in [2.75, 3.05) is 42.7 Å². The molecule has 0 saturated carbocycles. The normalized spacial score (nSPS) is 10.2. The quantitative estimate of drug-likeness (QED) is 0.707. The monoisotopic (exact) mass is 332 g/mol. The molecule has 2 amide bonds. The second-order valence-electron chi connectivity index (χ2n) is 5.37. The molecule has 7 nitrogen and oxygen atoms in total. The van der Waals surface area contributed by atoms with Gasteiger partial charge in [0.15, 0.2) is 0 Å². The second-order valence-corrected chi connectivity index (χ2v) is 5.37. The van der Waals surface area contributed by atoms with Crippen LogP contribution in [0.1, 0.15) is 5.82 Å². The first kappa shape index (κ1) is 17.5. The zero-order valence-electron chi connectivity index (χ0n) is 13.9. The van der Waals surface area contributed by atoms with Crippen LogP contribution in [-0.2, 0) is 0 Å². The van der Waals surface area contributed by atoms with Gasteiger partial charge in [-0.15, -0.1) is 0 Å².